The third-order valence-corrected chi connectivity index (χ3v) is 2.83. The Morgan fingerprint density at radius 2 is 1.82 bits per heavy atom. The summed E-state index contributed by atoms with van der Waals surface area (Å²) in [5.41, 5.74) is 1.03. The number of hydrogen-bond acceptors (Lipinski definition) is 2. The van der Waals surface area contributed by atoms with Gasteiger partial charge in [-0.3, -0.25) is 4.79 Å². The van der Waals surface area contributed by atoms with Gasteiger partial charge in [-0.2, -0.15) is 0 Å². The van der Waals surface area contributed by atoms with Gasteiger partial charge < -0.3 is 5.32 Å². The summed E-state index contributed by atoms with van der Waals surface area (Å²) in [7, 11) is 0. The standard InChI is InChI=1S/C14H21NOS/c1-10(2)8-11(3)15-14(16)9-12-4-6-13(17)7-5-12/h4-7,10-11,17H,8-9H2,1-3H3,(H,15,16). The van der Waals surface area contributed by atoms with Crippen molar-refractivity contribution >= 4 is 18.5 Å². The van der Waals surface area contributed by atoms with Crippen LogP contribution >= 0.6 is 12.6 Å². The fourth-order valence-electron chi connectivity index (χ4n) is 1.89. The van der Waals surface area contributed by atoms with Gasteiger partial charge in [0.25, 0.3) is 0 Å². The number of thiol groups is 1. The average molecular weight is 251 g/mol. The minimum absolute atomic E-state index is 0.0880. The highest BCUT2D eigenvalue weighted by Gasteiger charge is 2.09. The maximum atomic E-state index is 11.8. The molecule has 0 spiro atoms. The Balaban J connectivity index is 2.41. The fourth-order valence-corrected chi connectivity index (χ4v) is 2.04. The number of rotatable bonds is 5. The molecular formula is C14H21NOS. The van der Waals surface area contributed by atoms with Crippen LogP contribution in [0.4, 0.5) is 0 Å². The summed E-state index contributed by atoms with van der Waals surface area (Å²) in [4.78, 5) is 12.7. The number of carbonyl (C=O) groups is 1. The number of carbonyl (C=O) groups excluding carboxylic acids is 1. The monoisotopic (exact) mass is 251 g/mol. The van der Waals surface area contributed by atoms with Crippen LogP contribution in [-0.4, -0.2) is 11.9 Å². The van der Waals surface area contributed by atoms with Gasteiger partial charge in [0.15, 0.2) is 0 Å². The molecular weight excluding hydrogens is 230 g/mol. The van der Waals surface area contributed by atoms with Crippen LogP contribution in [0, 0.1) is 5.92 Å². The molecule has 0 bridgehead atoms. The second-order valence-electron chi connectivity index (χ2n) is 4.94. The Hall–Kier alpha value is -0.960. The molecule has 1 aromatic rings. The van der Waals surface area contributed by atoms with Gasteiger partial charge in [0, 0.05) is 10.9 Å². The lowest BCUT2D eigenvalue weighted by molar-refractivity contribution is -0.121. The molecule has 1 rings (SSSR count). The highest BCUT2D eigenvalue weighted by Crippen LogP contribution is 2.09. The normalized spacial score (nSPS) is 12.5. The van der Waals surface area contributed by atoms with E-state index in [-0.39, 0.29) is 11.9 Å². The summed E-state index contributed by atoms with van der Waals surface area (Å²) in [6, 6.07) is 7.93. The summed E-state index contributed by atoms with van der Waals surface area (Å²) in [6.07, 6.45) is 1.46. The molecule has 0 aromatic heterocycles. The highest BCUT2D eigenvalue weighted by atomic mass is 32.1. The minimum atomic E-state index is 0.0880. The molecule has 0 aliphatic rings. The Kier molecular flexibility index (Phi) is 5.56. The zero-order valence-electron chi connectivity index (χ0n) is 10.7. The van der Waals surface area contributed by atoms with Crippen molar-refractivity contribution < 1.29 is 4.79 Å². The van der Waals surface area contributed by atoms with Gasteiger partial charge in [-0.05, 0) is 37.0 Å². The smallest absolute Gasteiger partial charge is 0.224 e. The number of hydrogen-bond donors (Lipinski definition) is 2. The molecule has 94 valence electrons. The first-order chi connectivity index (χ1) is 7.97. The first-order valence-corrected chi connectivity index (χ1v) is 6.49. The van der Waals surface area contributed by atoms with Crippen molar-refractivity contribution in [2.45, 2.75) is 44.6 Å². The summed E-state index contributed by atoms with van der Waals surface area (Å²) in [5, 5.41) is 3.02. The Morgan fingerprint density at radius 1 is 1.24 bits per heavy atom. The Labute approximate surface area is 109 Å². The van der Waals surface area contributed by atoms with Crippen LogP contribution in [0.15, 0.2) is 29.2 Å². The van der Waals surface area contributed by atoms with Gasteiger partial charge in [0.2, 0.25) is 5.91 Å². The summed E-state index contributed by atoms with van der Waals surface area (Å²) in [5.74, 6) is 0.693. The Morgan fingerprint density at radius 3 is 2.35 bits per heavy atom. The van der Waals surface area contributed by atoms with E-state index in [1.54, 1.807) is 0 Å². The lowest BCUT2D eigenvalue weighted by Crippen LogP contribution is -2.34. The fraction of sp³-hybridized carbons (Fsp3) is 0.500. The molecule has 1 N–H and O–H groups in total. The molecule has 0 aliphatic heterocycles. The molecule has 1 unspecified atom stereocenters. The van der Waals surface area contributed by atoms with Gasteiger partial charge in [-0.25, -0.2) is 0 Å². The maximum absolute atomic E-state index is 11.8. The van der Waals surface area contributed by atoms with Gasteiger partial charge in [0.1, 0.15) is 0 Å². The second-order valence-corrected chi connectivity index (χ2v) is 5.46. The van der Waals surface area contributed by atoms with Crippen LogP contribution in [0.1, 0.15) is 32.8 Å². The third-order valence-electron chi connectivity index (χ3n) is 2.53. The van der Waals surface area contributed by atoms with Crippen LogP contribution in [0.5, 0.6) is 0 Å². The van der Waals surface area contributed by atoms with Crippen molar-refractivity contribution in [2.24, 2.45) is 5.92 Å². The van der Waals surface area contributed by atoms with Crippen molar-refractivity contribution in [3.05, 3.63) is 29.8 Å². The molecule has 1 amide bonds. The first kappa shape index (κ1) is 14.1. The van der Waals surface area contributed by atoms with E-state index in [4.69, 9.17) is 0 Å². The van der Waals surface area contributed by atoms with E-state index in [2.05, 4.69) is 38.7 Å². The van der Waals surface area contributed by atoms with Crippen LogP contribution in [0.2, 0.25) is 0 Å². The second kappa shape index (κ2) is 6.70. The van der Waals surface area contributed by atoms with E-state index < -0.39 is 0 Å². The molecule has 0 heterocycles. The van der Waals surface area contributed by atoms with Gasteiger partial charge in [-0.15, -0.1) is 12.6 Å². The van der Waals surface area contributed by atoms with Gasteiger partial charge in [0.05, 0.1) is 6.42 Å². The summed E-state index contributed by atoms with van der Waals surface area (Å²) < 4.78 is 0. The minimum Gasteiger partial charge on any atom is -0.353 e. The molecule has 0 saturated carbocycles. The van der Waals surface area contributed by atoms with Crippen molar-refractivity contribution in [3.8, 4) is 0 Å². The molecule has 3 heteroatoms. The highest BCUT2D eigenvalue weighted by molar-refractivity contribution is 7.80. The molecule has 0 aliphatic carbocycles. The van der Waals surface area contributed by atoms with Gasteiger partial charge in [-0.1, -0.05) is 26.0 Å². The van der Waals surface area contributed by atoms with Crippen LogP contribution in [0.3, 0.4) is 0 Å². The average Bonchev–Trinajstić information content (AvgIpc) is 2.19. The van der Waals surface area contributed by atoms with Crippen molar-refractivity contribution in [1.82, 2.24) is 5.32 Å². The number of benzene rings is 1. The van der Waals surface area contributed by atoms with E-state index >= 15 is 0 Å². The van der Waals surface area contributed by atoms with E-state index in [1.807, 2.05) is 24.3 Å². The number of amides is 1. The molecule has 0 radical (unpaired) electrons. The van der Waals surface area contributed by atoms with E-state index in [1.165, 1.54) is 0 Å². The van der Waals surface area contributed by atoms with Crippen molar-refractivity contribution in [3.63, 3.8) is 0 Å². The zero-order valence-corrected chi connectivity index (χ0v) is 11.6. The Bertz CT molecular complexity index is 359. The SMILES string of the molecule is CC(C)CC(C)NC(=O)Cc1ccc(S)cc1. The molecule has 2 nitrogen and oxygen atoms in total. The predicted octanol–water partition coefficient (Wildman–Crippen LogP) is 3.07. The first-order valence-electron chi connectivity index (χ1n) is 6.04. The predicted molar refractivity (Wildman–Crippen MR) is 74.5 cm³/mol. The molecule has 0 saturated heterocycles. The van der Waals surface area contributed by atoms with Gasteiger partial charge >= 0.3 is 0 Å². The van der Waals surface area contributed by atoms with E-state index in [0.29, 0.717) is 12.3 Å². The molecule has 17 heavy (non-hydrogen) atoms. The maximum Gasteiger partial charge on any atom is 0.224 e. The van der Waals surface area contributed by atoms with Crippen molar-refractivity contribution in [2.75, 3.05) is 0 Å². The molecule has 1 atom stereocenters. The summed E-state index contributed by atoms with van der Waals surface area (Å²) >= 11 is 4.21. The van der Waals surface area contributed by atoms with Crippen LogP contribution in [-0.2, 0) is 11.2 Å². The lowest BCUT2D eigenvalue weighted by atomic mass is 10.0. The zero-order chi connectivity index (χ0) is 12.8. The van der Waals surface area contributed by atoms with Crippen LogP contribution in [0.25, 0.3) is 0 Å². The van der Waals surface area contributed by atoms with E-state index in [9.17, 15) is 4.79 Å². The molecule has 1 aromatic carbocycles. The van der Waals surface area contributed by atoms with Crippen LogP contribution < -0.4 is 5.32 Å². The molecule has 0 fully saturated rings. The third kappa shape index (κ3) is 5.78. The number of nitrogens with one attached hydrogen (secondary N) is 1. The van der Waals surface area contributed by atoms with E-state index in [0.717, 1.165) is 16.9 Å². The largest absolute Gasteiger partial charge is 0.353 e. The van der Waals surface area contributed by atoms with Crippen molar-refractivity contribution in [1.29, 1.82) is 0 Å². The quantitative estimate of drug-likeness (QED) is 0.774. The lowest BCUT2D eigenvalue weighted by Gasteiger charge is -2.15. The topological polar surface area (TPSA) is 29.1 Å². The summed E-state index contributed by atoms with van der Waals surface area (Å²) in [6.45, 7) is 6.37.